The molecule has 3 rings (SSSR count). The molecule has 152 valence electrons. The van der Waals surface area contributed by atoms with Crippen molar-refractivity contribution in [2.45, 2.75) is 32.9 Å². The van der Waals surface area contributed by atoms with Crippen molar-refractivity contribution >= 4 is 23.0 Å². The summed E-state index contributed by atoms with van der Waals surface area (Å²) >= 11 is 0. The number of nitrogens with zero attached hydrogens (tertiary/aromatic N) is 3. The average Bonchev–Trinajstić information content (AvgIpc) is 3.10. The Hall–Kier alpha value is -3.42. The number of fused-ring (bicyclic) bond motifs is 1. The Morgan fingerprint density at radius 2 is 1.79 bits per heavy atom. The Kier molecular flexibility index (Phi) is 6.78. The van der Waals surface area contributed by atoms with Crippen molar-refractivity contribution in [1.82, 2.24) is 30.9 Å². The van der Waals surface area contributed by atoms with Crippen LogP contribution in [0.25, 0.3) is 11.0 Å². The quantitative estimate of drug-likeness (QED) is 0.545. The standard InChI is InChI=1S/C21H26N6O2/c1-15(2)24-20(28)17-8-9-19-18(14-17)25-26-27(19)13-12-23-21(29)22-11-10-16-6-4-3-5-7-16/h3-9,14-15H,10-13H2,1-2H3,(H,24,28)(H2,22,23,29). The lowest BCUT2D eigenvalue weighted by atomic mass is 10.1. The Bertz CT molecular complexity index is 968. The van der Waals surface area contributed by atoms with E-state index in [1.165, 1.54) is 5.56 Å². The van der Waals surface area contributed by atoms with Gasteiger partial charge in [0, 0.05) is 24.7 Å². The van der Waals surface area contributed by atoms with Gasteiger partial charge in [-0.15, -0.1) is 5.10 Å². The van der Waals surface area contributed by atoms with Crippen molar-refractivity contribution in [1.29, 1.82) is 0 Å². The van der Waals surface area contributed by atoms with E-state index in [0.29, 0.717) is 30.7 Å². The molecule has 0 saturated carbocycles. The van der Waals surface area contributed by atoms with Gasteiger partial charge in [0.15, 0.2) is 0 Å². The zero-order valence-corrected chi connectivity index (χ0v) is 16.7. The first-order valence-corrected chi connectivity index (χ1v) is 9.72. The highest BCUT2D eigenvalue weighted by Crippen LogP contribution is 2.13. The maximum Gasteiger partial charge on any atom is 0.314 e. The monoisotopic (exact) mass is 394 g/mol. The lowest BCUT2D eigenvalue weighted by Crippen LogP contribution is -2.38. The number of nitrogens with one attached hydrogen (secondary N) is 3. The van der Waals surface area contributed by atoms with Crippen molar-refractivity contribution in [3.63, 3.8) is 0 Å². The normalized spacial score (nSPS) is 10.9. The minimum atomic E-state index is -0.210. The highest BCUT2D eigenvalue weighted by Gasteiger charge is 2.11. The smallest absolute Gasteiger partial charge is 0.314 e. The van der Waals surface area contributed by atoms with Gasteiger partial charge in [-0.3, -0.25) is 4.79 Å². The molecule has 0 aliphatic rings. The van der Waals surface area contributed by atoms with Crippen LogP contribution in [0.4, 0.5) is 4.79 Å². The molecular weight excluding hydrogens is 368 g/mol. The Balaban J connectivity index is 1.46. The van der Waals surface area contributed by atoms with Gasteiger partial charge in [0.1, 0.15) is 5.52 Å². The number of hydrogen-bond acceptors (Lipinski definition) is 4. The molecular formula is C21H26N6O2. The van der Waals surface area contributed by atoms with E-state index in [1.807, 2.05) is 50.2 Å². The Labute approximate surface area is 169 Å². The van der Waals surface area contributed by atoms with Gasteiger partial charge in [0.25, 0.3) is 5.91 Å². The summed E-state index contributed by atoms with van der Waals surface area (Å²) in [4.78, 5) is 24.0. The fourth-order valence-corrected chi connectivity index (χ4v) is 2.93. The molecule has 0 aliphatic heterocycles. The van der Waals surface area contributed by atoms with Crippen molar-refractivity contribution in [3.05, 3.63) is 59.7 Å². The van der Waals surface area contributed by atoms with E-state index < -0.39 is 0 Å². The zero-order valence-electron chi connectivity index (χ0n) is 16.7. The van der Waals surface area contributed by atoms with Gasteiger partial charge in [-0.2, -0.15) is 0 Å². The molecule has 0 spiro atoms. The number of benzene rings is 2. The molecule has 3 amide bonds. The third kappa shape index (κ3) is 5.78. The molecule has 8 heteroatoms. The Morgan fingerprint density at radius 3 is 2.55 bits per heavy atom. The van der Waals surface area contributed by atoms with Crippen LogP contribution < -0.4 is 16.0 Å². The summed E-state index contributed by atoms with van der Waals surface area (Å²) in [5.41, 5.74) is 3.20. The van der Waals surface area contributed by atoms with E-state index in [9.17, 15) is 9.59 Å². The first-order valence-electron chi connectivity index (χ1n) is 9.72. The number of aromatic nitrogens is 3. The van der Waals surface area contributed by atoms with Gasteiger partial charge in [-0.25, -0.2) is 9.48 Å². The highest BCUT2D eigenvalue weighted by molar-refractivity contribution is 5.97. The lowest BCUT2D eigenvalue weighted by molar-refractivity contribution is 0.0943. The number of carbonyl (C=O) groups excluding carboxylic acids is 2. The van der Waals surface area contributed by atoms with E-state index in [2.05, 4.69) is 26.3 Å². The molecule has 1 aromatic heterocycles. The number of rotatable bonds is 8. The van der Waals surface area contributed by atoms with Crippen LogP contribution in [0.15, 0.2) is 48.5 Å². The molecule has 3 aromatic rings. The van der Waals surface area contributed by atoms with Gasteiger partial charge in [0.05, 0.1) is 12.1 Å². The zero-order chi connectivity index (χ0) is 20.6. The molecule has 0 aliphatic carbocycles. The third-order valence-corrected chi connectivity index (χ3v) is 4.35. The molecule has 0 bridgehead atoms. The largest absolute Gasteiger partial charge is 0.350 e. The molecule has 0 atom stereocenters. The molecule has 0 saturated heterocycles. The van der Waals surface area contributed by atoms with Crippen LogP contribution in [-0.4, -0.2) is 46.1 Å². The number of carbonyl (C=O) groups is 2. The first kappa shape index (κ1) is 20.3. The SMILES string of the molecule is CC(C)NC(=O)c1ccc2c(c1)nnn2CCNC(=O)NCCc1ccccc1. The highest BCUT2D eigenvalue weighted by atomic mass is 16.2. The number of urea groups is 1. The van der Waals surface area contributed by atoms with Gasteiger partial charge in [-0.1, -0.05) is 35.5 Å². The molecule has 1 heterocycles. The van der Waals surface area contributed by atoms with Crippen molar-refractivity contribution in [2.24, 2.45) is 0 Å². The second-order valence-electron chi connectivity index (χ2n) is 7.06. The predicted molar refractivity (Wildman–Crippen MR) is 112 cm³/mol. The number of amides is 3. The van der Waals surface area contributed by atoms with Crippen LogP contribution in [0.1, 0.15) is 29.8 Å². The van der Waals surface area contributed by atoms with E-state index in [0.717, 1.165) is 11.9 Å². The number of hydrogen-bond donors (Lipinski definition) is 3. The van der Waals surface area contributed by atoms with Gasteiger partial charge in [-0.05, 0) is 44.0 Å². The van der Waals surface area contributed by atoms with E-state index in [4.69, 9.17) is 0 Å². The summed E-state index contributed by atoms with van der Waals surface area (Å²) in [6, 6.07) is 15.2. The fourth-order valence-electron chi connectivity index (χ4n) is 2.93. The molecule has 0 fully saturated rings. The summed E-state index contributed by atoms with van der Waals surface area (Å²) in [7, 11) is 0. The summed E-state index contributed by atoms with van der Waals surface area (Å²) < 4.78 is 1.71. The van der Waals surface area contributed by atoms with Crippen LogP contribution in [0, 0.1) is 0 Å². The summed E-state index contributed by atoms with van der Waals surface area (Å²) in [5, 5.41) is 16.8. The van der Waals surface area contributed by atoms with Crippen LogP contribution in [0.3, 0.4) is 0 Å². The van der Waals surface area contributed by atoms with Crippen molar-refractivity contribution in [2.75, 3.05) is 13.1 Å². The predicted octanol–water partition coefficient (Wildman–Crippen LogP) is 2.11. The molecule has 0 radical (unpaired) electrons. The molecule has 3 N–H and O–H groups in total. The van der Waals surface area contributed by atoms with Gasteiger partial charge >= 0.3 is 6.03 Å². The summed E-state index contributed by atoms with van der Waals surface area (Å²) in [6.07, 6.45) is 0.786. The average molecular weight is 394 g/mol. The fraction of sp³-hybridized carbons (Fsp3) is 0.333. The van der Waals surface area contributed by atoms with E-state index in [-0.39, 0.29) is 18.0 Å². The Morgan fingerprint density at radius 1 is 1.03 bits per heavy atom. The first-order chi connectivity index (χ1) is 14.0. The maximum absolute atomic E-state index is 12.1. The minimum Gasteiger partial charge on any atom is -0.350 e. The molecule has 2 aromatic carbocycles. The van der Waals surface area contributed by atoms with Gasteiger partial charge < -0.3 is 16.0 Å². The van der Waals surface area contributed by atoms with E-state index in [1.54, 1.807) is 16.8 Å². The second kappa shape index (κ2) is 9.68. The molecule has 0 unspecified atom stereocenters. The summed E-state index contributed by atoms with van der Waals surface area (Å²) in [5.74, 6) is -0.134. The second-order valence-corrected chi connectivity index (χ2v) is 7.06. The topological polar surface area (TPSA) is 101 Å². The maximum atomic E-state index is 12.1. The van der Waals surface area contributed by atoms with Gasteiger partial charge in [0.2, 0.25) is 0 Å². The van der Waals surface area contributed by atoms with E-state index >= 15 is 0 Å². The summed E-state index contributed by atoms with van der Waals surface area (Å²) in [6.45, 7) is 5.31. The molecule has 29 heavy (non-hydrogen) atoms. The minimum absolute atomic E-state index is 0.0683. The van der Waals surface area contributed by atoms with Crippen LogP contribution >= 0.6 is 0 Å². The third-order valence-electron chi connectivity index (χ3n) is 4.35. The lowest BCUT2D eigenvalue weighted by Gasteiger charge is -2.09. The van der Waals surface area contributed by atoms with Crippen molar-refractivity contribution < 1.29 is 9.59 Å². The van der Waals surface area contributed by atoms with Crippen molar-refractivity contribution in [3.8, 4) is 0 Å². The van der Waals surface area contributed by atoms with Crippen LogP contribution in [0.5, 0.6) is 0 Å². The molecule has 8 nitrogen and oxygen atoms in total. The van der Waals surface area contributed by atoms with Crippen LogP contribution in [0.2, 0.25) is 0 Å². The van der Waals surface area contributed by atoms with Crippen LogP contribution in [-0.2, 0) is 13.0 Å².